The van der Waals surface area contributed by atoms with E-state index in [0.29, 0.717) is 24.9 Å². The quantitative estimate of drug-likeness (QED) is 0.476. The summed E-state index contributed by atoms with van der Waals surface area (Å²) in [5.74, 6) is 1.72. The molecule has 188 valence electrons. The third kappa shape index (κ3) is 6.84. The van der Waals surface area contributed by atoms with Gasteiger partial charge in [-0.1, -0.05) is 44.2 Å². The number of aromatic nitrogens is 5. The molecule has 0 aromatic carbocycles. The van der Waals surface area contributed by atoms with Gasteiger partial charge in [-0.2, -0.15) is 13.2 Å². The van der Waals surface area contributed by atoms with Crippen LogP contribution in [0.1, 0.15) is 45.6 Å². The largest absolute Gasteiger partial charge is 0.433 e. The fourth-order valence-electron chi connectivity index (χ4n) is 3.43. The molecule has 0 aliphatic carbocycles. The van der Waals surface area contributed by atoms with Crippen LogP contribution in [0.4, 0.5) is 24.9 Å². The third-order valence-electron chi connectivity index (χ3n) is 5.58. The highest BCUT2D eigenvalue weighted by Gasteiger charge is 2.35. The lowest BCUT2D eigenvalue weighted by Crippen LogP contribution is -2.32. The van der Waals surface area contributed by atoms with Crippen molar-refractivity contribution in [1.29, 1.82) is 0 Å². The summed E-state index contributed by atoms with van der Waals surface area (Å²) in [4.78, 5) is 12.6. The van der Waals surface area contributed by atoms with Gasteiger partial charge in [0.15, 0.2) is 5.16 Å². The van der Waals surface area contributed by atoms with Crippen molar-refractivity contribution < 1.29 is 13.2 Å². The summed E-state index contributed by atoms with van der Waals surface area (Å²) >= 11 is 1.58. The van der Waals surface area contributed by atoms with Crippen LogP contribution in [0.3, 0.4) is 0 Å². The second-order valence-corrected chi connectivity index (χ2v) is 10.5. The Morgan fingerprint density at radius 2 is 1.85 bits per heavy atom. The highest BCUT2D eigenvalue weighted by Crippen LogP contribution is 2.32. The number of hydrogen-bond acceptors (Lipinski definition) is 8. The van der Waals surface area contributed by atoms with Crippen molar-refractivity contribution >= 4 is 23.5 Å². The Bertz CT molecular complexity index is 980. The van der Waals surface area contributed by atoms with E-state index in [1.807, 2.05) is 32.7 Å². The molecule has 0 saturated carbocycles. The van der Waals surface area contributed by atoms with Crippen molar-refractivity contribution in [2.75, 3.05) is 49.1 Å². The van der Waals surface area contributed by atoms with Gasteiger partial charge in [0.25, 0.3) is 0 Å². The molecule has 0 amide bonds. The molecule has 1 aliphatic rings. The maximum atomic E-state index is 13.5. The number of thioether (sulfide) groups is 1. The standard InChI is InChI=1S/C22H33F3N8S/c1-15(14-34-20-30-29-19(26)31(20)5)7-10-32-8-6-9-33(12-11-32)17-13-16(22(23,24)25)27-18(28-17)21(2,3)4/h7,13H,6,8-12,14H2,1-5H3,(H2,26,29)/b15-7+. The maximum Gasteiger partial charge on any atom is 0.433 e. The molecule has 3 heterocycles. The first kappa shape index (κ1) is 26.3. The fraction of sp³-hybridized carbons (Fsp3) is 0.636. The molecule has 0 radical (unpaired) electrons. The van der Waals surface area contributed by atoms with Gasteiger partial charge < -0.3 is 10.6 Å². The Morgan fingerprint density at radius 1 is 1.12 bits per heavy atom. The van der Waals surface area contributed by atoms with Crippen LogP contribution in [0.15, 0.2) is 22.9 Å². The van der Waals surface area contributed by atoms with Crippen LogP contribution in [0.25, 0.3) is 0 Å². The van der Waals surface area contributed by atoms with E-state index in [2.05, 4.69) is 38.1 Å². The number of nitrogens with two attached hydrogens (primary N) is 1. The van der Waals surface area contributed by atoms with E-state index < -0.39 is 17.3 Å². The van der Waals surface area contributed by atoms with E-state index in [4.69, 9.17) is 5.73 Å². The highest BCUT2D eigenvalue weighted by molar-refractivity contribution is 7.99. The second kappa shape index (κ2) is 10.5. The lowest BCUT2D eigenvalue weighted by atomic mass is 9.95. The van der Waals surface area contributed by atoms with E-state index in [1.54, 1.807) is 16.3 Å². The van der Waals surface area contributed by atoms with Gasteiger partial charge in [-0.25, -0.2) is 9.97 Å². The molecule has 0 unspecified atom stereocenters. The molecule has 3 rings (SSSR count). The summed E-state index contributed by atoms with van der Waals surface area (Å²) in [6.45, 7) is 11.2. The number of hydrogen-bond donors (Lipinski definition) is 1. The number of rotatable bonds is 6. The Kier molecular flexibility index (Phi) is 8.12. The third-order valence-corrected chi connectivity index (χ3v) is 6.80. The number of anilines is 2. The van der Waals surface area contributed by atoms with Gasteiger partial charge in [-0.05, 0) is 13.3 Å². The van der Waals surface area contributed by atoms with Crippen LogP contribution in [0, 0.1) is 0 Å². The molecule has 0 bridgehead atoms. The van der Waals surface area contributed by atoms with Crippen molar-refractivity contribution in [1.82, 2.24) is 29.6 Å². The average Bonchev–Trinajstić information content (AvgIpc) is 2.94. The molecule has 1 aliphatic heterocycles. The van der Waals surface area contributed by atoms with E-state index in [0.717, 1.165) is 43.0 Å². The van der Waals surface area contributed by atoms with Crippen LogP contribution in [-0.2, 0) is 18.6 Å². The van der Waals surface area contributed by atoms with Crippen molar-refractivity contribution in [2.45, 2.75) is 50.9 Å². The van der Waals surface area contributed by atoms with Gasteiger partial charge in [0.1, 0.15) is 17.3 Å². The van der Waals surface area contributed by atoms with E-state index in [1.165, 1.54) is 5.57 Å². The number of nitrogens with zero attached hydrogens (tertiary/aromatic N) is 7. The lowest BCUT2D eigenvalue weighted by Gasteiger charge is -2.26. The first-order valence-electron chi connectivity index (χ1n) is 11.2. The Morgan fingerprint density at radius 3 is 2.47 bits per heavy atom. The Balaban J connectivity index is 1.62. The molecule has 1 fully saturated rings. The predicted octanol–water partition coefficient (Wildman–Crippen LogP) is 3.75. The summed E-state index contributed by atoms with van der Waals surface area (Å²) < 4.78 is 42.2. The zero-order valence-electron chi connectivity index (χ0n) is 20.4. The summed E-state index contributed by atoms with van der Waals surface area (Å²) in [6.07, 6.45) is -1.48. The highest BCUT2D eigenvalue weighted by atomic mass is 32.2. The van der Waals surface area contributed by atoms with Crippen molar-refractivity contribution in [3.63, 3.8) is 0 Å². The van der Waals surface area contributed by atoms with E-state index in [9.17, 15) is 13.2 Å². The molecule has 34 heavy (non-hydrogen) atoms. The van der Waals surface area contributed by atoms with Crippen LogP contribution in [-0.4, -0.2) is 68.1 Å². The van der Waals surface area contributed by atoms with Gasteiger partial charge >= 0.3 is 6.18 Å². The molecule has 2 aromatic rings. The zero-order chi connectivity index (χ0) is 25.1. The average molecular weight is 499 g/mol. The van der Waals surface area contributed by atoms with Crippen LogP contribution >= 0.6 is 11.8 Å². The number of alkyl halides is 3. The van der Waals surface area contributed by atoms with E-state index >= 15 is 0 Å². The van der Waals surface area contributed by atoms with Gasteiger partial charge in [0.05, 0.1) is 0 Å². The Hall–Kier alpha value is -2.34. The monoisotopic (exact) mass is 498 g/mol. The zero-order valence-corrected chi connectivity index (χ0v) is 21.2. The Labute approximate surface area is 202 Å². The molecule has 2 aromatic heterocycles. The lowest BCUT2D eigenvalue weighted by molar-refractivity contribution is -0.141. The van der Waals surface area contributed by atoms with Crippen LogP contribution in [0.2, 0.25) is 0 Å². The van der Waals surface area contributed by atoms with Gasteiger partial charge in [-0.15, -0.1) is 10.2 Å². The SMILES string of the molecule is C/C(=C\CN1CCCN(c2cc(C(F)(F)F)nc(C(C)(C)C)n2)CC1)CSc1nnc(N)n1C. The first-order valence-corrected chi connectivity index (χ1v) is 12.2. The minimum absolute atomic E-state index is 0.208. The molecule has 2 N–H and O–H groups in total. The van der Waals surface area contributed by atoms with Crippen LogP contribution in [0.5, 0.6) is 0 Å². The van der Waals surface area contributed by atoms with Crippen molar-refractivity contribution in [2.24, 2.45) is 7.05 Å². The van der Waals surface area contributed by atoms with Crippen molar-refractivity contribution in [3.05, 3.63) is 29.2 Å². The minimum atomic E-state index is -4.51. The number of nitrogen functional groups attached to an aromatic ring is 1. The second-order valence-electron chi connectivity index (χ2n) is 9.56. The smallest absolute Gasteiger partial charge is 0.368 e. The predicted molar refractivity (Wildman–Crippen MR) is 129 cm³/mol. The summed E-state index contributed by atoms with van der Waals surface area (Å²) in [5, 5.41) is 8.69. The molecule has 12 heteroatoms. The molecular weight excluding hydrogens is 465 g/mol. The first-order chi connectivity index (χ1) is 15.8. The number of halogens is 3. The molecule has 8 nitrogen and oxygen atoms in total. The normalized spacial score (nSPS) is 16.7. The maximum absolute atomic E-state index is 13.5. The summed E-state index contributed by atoms with van der Waals surface area (Å²) in [6, 6.07) is 1.07. The van der Waals surface area contributed by atoms with Crippen molar-refractivity contribution in [3.8, 4) is 0 Å². The van der Waals surface area contributed by atoms with E-state index in [-0.39, 0.29) is 5.82 Å². The van der Waals surface area contributed by atoms with Gasteiger partial charge in [0, 0.05) is 57.0 Å². The molecule has 0 spiro atoms. The molecular formula is C22H33F3N8S. The van der Waals surface area contributed by atoms with Gasteiger partial charge in [-0.3, -0.25) is 9.47 Å². The minimum Gasteiger partial charge on any atom is -0.368 e. The van der Waals surface area contributed by atoms with Gasteiger partial charge in [0.2, 0.25) is 5.95 Å². The topological polar surface area (TPSA) is 89.0 Å². The fourth-order valence-corrected chi connectivity index (χ4v) is 4.29. The van der Waals surface area contributed by atoms with Crippen LogP contribution < -0.4 is 10.6 Å². The molecule has 1 saturated heterocycles. The summed E-state index contributed by atoms with van der Waals surface area (Å²) in [7, 11) is 1.83. The molecule has 0 atom stereocenters. The summed E-state index contributed by atoms with van der Waals surface area (Å²) in [5.41, 5.74) is 5.47.